The van der Waals surface area contributed by atoms with Crippen LogP contribution in [0.2, 0.25) is 0 Å². The first-order valence-corrected chi connectivity index (χ1v) is 5.28. The fourth-order valence-corrected chi connectivity index (χ4v) is 0.580. The molecule has 14 heavy (non-hydrogen) atoms. The number of primary sulfonamides is 1. The van der Waals surface area contributed by atoms with Crippen LogP contribution in [0, 0.1) is 0 Å². The van der Waals surface area contributed by atoms with Crippen molar-refractivity contribution in [1.82, 2.24) is 0 Å². The monoisotopic (exact) mass is 237 g/mol. The number of halogens is 3. The van der Waals surface area contributed by atoms with E-state index in [-0.39, 0.29) is 0 Å². The minimum absolute atomic E-state index is 0.944. The highest BCUT2D eigenvalue weighted by atomic mass is 32.2. The Morgan fingerprint density at radius 2 is 1.57 bits per heavy atom. The van der Waals surface area contributed by atoms with E-state index in [0.29, 0.717) is 0 Å². The molecule has 0 bridgehead atoms. The largest absolute Gasteiger partial charge is 0.511 e. The van der Waals surface area contributed by atoms with E-state index in [4.69, 9.17) is 4.74 Å². The number of alkyl halides is 3. The molecule has 9 heteroatoms. The molecule has 0 spiro atoms. The van der Waals surface area contributed by atoms with E-state index >= 15 is 0 Å². The van der Waals surface area contributed by atoms with Crippen molar-refractivity contribution in [3.8, 4) is 0 Å². The lowest BCUT2D eigenvalue weighted by molar-refractivity contribution is -0.670. The third-order valence-electron chi connectivity index (χ3n) is 1.26. The minimum atomic E-state index is -5.34. The van der Waals surface area contributed by atoms with Gasteiger partial charge in [0.05, 0.1) is 26.3 Å². The molecule has 4 N–H and O–H groups in total. The van der Waals surface area contributed by atoms with Crippen LogP contribution in [0.3, 0.4) is 0 Å². The quantitative estimate of drug-likeness (QED) is 0.530. The van der Waals surface area contributed by atoms with Crippen LogP contribution in [0.15, 0.2) is 0 Å². The molecule has 1 heterocycles. The smallest absolute Gasteiger partial charge is 0.370 e. The lowest BCUT2D eigenvalue weighted by atomic mass is 10.5. The number of nitrogens with two attached hydrogens (primary N) is 2. The van der Waals surface area contributed by atoms with Crippen molar-refractivity contribution >= 4 is 10.0 Å². The first-order chi connectivity index (χ1) is 6.25. The molecule has 1 saturated heterocycles. The van der Waals surface area contributed by atoms with E-state index in [2.05, 4.69) is 10.5 Å². The van der Waals surface area contributed by atoms with Crippen molar-refractivity contribution in [2.75, 3.05) is 26.3 Å². The fourth-order valence-electron chi connectivity index (χ4n) is 0.580. The Kier molecular flexibility index (Phi) is 5.34. The van der Waals surface area contributed by atoms with Crippen molar-refractivity contribution in [2.24, 2.45) is 5.14 Å². The second-order valence-corrected chi connectivity index (χ2v) is 4.02. The van der Waals surface area contributed by atoms with Crippen LogP contribution in [0.25, 0.3) is 0 Å². The van der Waals surface area contributed by atoms with Gasteiger partial charge in [0.25, 0.3) is 0 Å². The molecule has 0 aromatic carbocycles. The molecule has 0 saturated carbocycles. The predicted molar refractivity (Wildman–Crippen MR) is 41.6 cm³/mol. The van der Waals surface area contributed by atoms with Gasteiger partial charge in [-0.3, -0.25) is 0 Å². The predicted octanol–water partition coefficient (Wildman–Crippen LogP) is -1.63. The first kappa shape index (κ1) is 13.6. The number of morpholine rings is 1. The van der Waals surface area contributed by atoms with Gasteiger partial charge in [-0.1, -0.05) is 0 Å². The Morgan fingerprint density at radius 1 is 1.21 bits per heavy atom. The summed E-state index contributed by atoms with van der Waals surface area (Å²) in [5, 5.41) is 5.93. The van der Waals surface area contributed by atoms with E-state index < -0.39 is 15.5 Å². The summed E-state index contributed by atoms with van der Waals surface area (Å²) in [6, 6.07) is 0. The zero-order chi connectivity index (χ0) is 11.2. The molecular formula is C5H12F3N2O3S+. The number of sulfonamides is 1. The molecule has 0 amide bonds. The van der Waals surface area contributed by atoms with Crippen molar-refractivity contribution in [2.45, 2.75) is 5.51 Å². The molecule has 0 aromatic heterocycles. The topological polar surface area (TPSA) is 86.0 Å². The van der Waals surface area contributed by atoms with Gasteiger partial charge in [0.2, 0.25) is 0 Å². The van der Waals surface area contributed by atoms with Gasteiger partial charge in [-0.2, -0.15) is 13.2 Å². The summed E-state index contributed by atoms with van der Waals surface area (Å²) in [4.78, 5) is 0. The van der Waals surface area contributed by atoms with Crippen LogP contribution in [-0.4, -0.2) is 40.2 Å². The third-order valence-corrected chi connectivity index (χ3v) is 1.90. The van der Waals surface area contributed by atoms with Gasteiger partial charge < -0.3 is 10.1 Å². The van der Waals surface area contributed by atoms with Gasteiger partial charge in [0.15, 0.2) is 0 Å². The van der Waals surface area contributed by atoms with Crippen LogP contribution in [0.1, 0.15) is 0 Å². The van der Waals surface area contributed by atoms with Gasteiger partial charge in [0.1, 0.15) is 0 Å². The highest BCUT2D eigenvalue weighted by molar-refractivity contribution is 7.90. The summed E-state index contributed by atoms with van der Waals surface area (Å²) < 4.78 is 56.2. The Morgan fingerprint density at radius 3 is 1.64 bits per heavy atom. The van der Waals surface area contributed by atoms with Crippen molar-refractivity contribution in [3.05, 3.63) is 0 Å². The molecule has 0 atom stereocenters. The molecule has 5 nitrogen and oxygen atoms in total. The van der Waals surface area contributed by atoms with E-state index in [1.165, 1.54) is 0 Å². The maximum absolute atomic E-state index is 10.8. The lowest BCUT2D eigenvalue weighted by Gasteiger charge is -2.07. The van der Waals surface area contributed by atoms with E-state index in [1.54, 1.807) is 0 Å². The average Bonchev–Trinajstić information content (AvgIpc) is 2.05. The lowest BCUT2D eigenvalue weighted by Crippen LogP contribution is -2.87. The summed E-state index contributed by atoms with van der Waals surface area (Å²) >= 11 is 0. The van der Waals surface area contributed by atoms with Gasteiger partial charge in [-0.15, -0.1) is 0 Å². The Labute approximate surface area is 79.5 Å². The molecule has 1 fully saturated rings. The van der Waals surface area contributed by atoms with Crippen LogP contribution in [0.5, 0.6) is 0 Å². The third kappa shape index (κ3) is 6.13. The van der Waals surface area contributed by atoms with Crippen LogP contribution in [-0.2, 0) is 14.8 Å². The summed E-state index contributed by atoms with van der Waals surface area (Å²) in [6.45, 7) is 4.19. The Balaban J connectivity index is 0.000000249. The van der Waals surface area contributed by atoms with Crippen molar-refractivity contribution in [3.63, 3.8) is 0 Å². The Bertz CT molecular complexity index is 236. The number of ether oxygens (including phenoxy) is 1. The number of quaternary nitrogens is 1. The second-order valence-electron chi connectivity index (χ2n) is 2.47. The van der Waals surface area contributed by atoms with Gasteiger partial charge in [0, 0.05) is 0 Å². The first-order valence-electron chi connectivity index (χ1n) is 3.73. The van der Waals surface area contributed by atoms with Crippen LogP contribution < -0.4 is 10.5 Å². The molecule has 0 aliphatic carbocycles. The molecule has 0 aromatic rings. The summed E-state index contributed by atoms with van der Waals surface area (Å²) in [5.74, 6) is 0. The zero-order valence-corrected chi connectivity index (χ0v) is 8.07. The molecule has 1 aliphatic rings. The summed E-state index contributed by atoms with van der Waals surface area (Å²) in [7, 11) is -5.34. The SMILES string of the molecule is C1COCC[NH2+]1.NS(=O)(=O)C(F)(F)F. The van der Waals surface area contributed by atoms with Crippen LogP contribution >= 0.6 is 0 Å². The minimum Gasteiger partial charge on any atom is -0.370 e. The second kappa shape index (κ2) is 5.49. The maximum Gasteiger partial charge on any atom is 0.511 e. The van der Waals surface area contributed by atoms with Gasteiger partial charge >= 0.3 is 15.5 Å². The molecule has 1 rings (SSSR count). The molecule has 86 valence electrons. The highest BCUT2D eigenvalue weighted by Crippen LogP contribution is 2.18. The number of hydrogen-bond acceptors (Lipinski definition) is 3. The van der Waals surface area contributed by atoms with Crippen LogP contribution in [0.4, 0.5) is 13.2 Å². The van der Waals surface area contributed by atoms with Gasteiger partial charge in [-0.05, 0) is 0 Å². The van der Waals surface area contributed by atoms with Gasteiger partial charge in [-0.25, -0.2) is 13.6 Å². The van der Waals surface area contributed by atoms with E-state index in [0.717, 1.165) is 26.3 Å². The molecule has 0 radical (unpaired) electrons. The normalized spacial score (nSPS) is 18.3. The van der Waals surface area contributed by atoms with E-state index in [1.807, 2.05) is 0 Å². The number of hydrogen-bond donors (Lipinski definition) is 2. The number of rotatable bonds is 0. The van der Waals surface area contributed by atoms with Crippen molar-refractivity contribution < 1.29 is 31.6 Å². The molecular weight excluding hydrogens is 225 g/mol. The zero-order valence-electron chi connectivity index (χ0n) is 7.25. The fraction of sp³-hybridized carbons (Fsp3) is 1.00. The highest BCUT2D eigenvalue weighted by Gasteiger charge is 2.42. The van der Waals surface area contributed by atoms with Crippen molar-refractivity contribution in [1.29, 1.82) is 0 Å². The maximum atomic E-state index is 10.8. The summed E-state index contributed by atoms with van der Waals surface area (Å²) in [5.41, 5.74) is -5.31. The standard InChI is InChI=1S/C4H9NO.CH2F3NO2S/c1-3-6-4-2-5-1;2-1(3,4)8(5,6)7/h5H,1-4H2;(H2,5,6,7)/p+1. The molecule has 0 unspecified atom stereocenters. The Hall–Kier alpha value is -0.380. The molecule has 1 aliphatic heterocycles. The van der Waals surface area contributed by atoms with E-state index in [9.17, 15) is 21.6 Å². The summed E-state index contributed by atoms with van der Waals surface area (Å²) in [6.07, 6.45) is 0. The average molecular weight is 237 g/mol.